The summed E-state index contributed by atoms with van der Waals surface area (Å²) in [6, 6.07) is 23.0. The van der Waals surface area contributed by atoms with Crippen molar-refractivity contribution in [2.45, 2.75) is 45.6 Å². The number of carbonyl (C=O) groups excluding carboxylic acids is 3. The highest BCUT2D eigenvalue weighted by atomic mass is 16.2. The van der Waals surface area contributed by atoms with Crippen LogP contribution in [0.4, 0.5) is 17.1 Å². The molecule has 4 rings (SSSR count). The van der Waals surface area contributed by atoms with Gasteiger partial charge < -0.3 is 15.5 Å². The Hall–Kier alpha value is -3.93. The van der Waals surface area contributed by atoms with Crippen LogP contribution in [0.3, 0.4) is 0 Å². The zero-order valence-electron chi connectivity index (χ0n) is 19.7. The second-order valence-electron chi connectivity index (χ2n) is 8.65. The second kappa shape index (κ2) is 9.91. The molecule has 0 aliphatic carbocycles. The lowest BCUT2D eigenvalue weighted by atomic mass is 9.81. The van der Waals surface area contributed by atoms with Crippen molar-refractivity contribution in [3.63, 3.8) is 0 Å². The van der Waals surface area contributed by atoms with E-state index < -0.39 is 0 Å². The molecule has 174 valence electrons. The molecule has 1 heterocycles. The third-order valence-corrected chi connectivity index (χ3v) is 6.18. The van der Waals surface area contributed by atoms with Gasteiger partial charge in [0.25, 0.3) is 5.91 Å². The maximum absolute atomic E-state index is 13.5. The zero-order valence-corrected chi connectivity index (χ0v) is 19.7. The van der Waals surface area contributed by atoms with Gasteiger partial charge in [-0.25, -0.2) is 0 Å². The van der Waals surface area contributed by atoms with Crippen molar-refractivity contribution in [1.82, 2.24) is 0 Å². The maximum Gasteiger partial charge on any atom is 0.258 e. The predicted octanol–water partition coefficient (Wildman–Crippen LogP) is 5.56. The van der Waals surface area contributed by atoms with Crippen LogP contribution in [0.2, 0.25) is 0 Å². The molecule has 0 fully saturated rings. The highest BCUT2D eigenvalue weighted by Gasteiger charge is 2.34. The summed E-state index contributed by atoms with van der Waals surface area (Å²) in [5.41, 5.74) is 5.19. The molecular formula is C28H29N3O3. The van der Waals surface area contributed by atoms with Crippen molar-refractivity contribution in [2.75, 3.05) is 15.5 Å². The van der Waals surface area contributed by atoms with Gasteiger partial charge in [0.1, 0.15) is 0 Å². The summed E-state index contributed by atoms with van der Waals surface area (Å²) in [5.74, 6) is -0.0770. The zero-order chi connectivity index (χ0) is 24.2. The average Bonchev–Trinajstić information content (AvgIpc) is 2.84. The number of benzene rings is 3. The van der Waals surface area contributed by atoms with Crippen LogP contribution in [0, 0.1) is 0 Å². The van der Waals surface area contributed by atoms with Crippen molar-refractivity contribution in [1.29, 1.82) is 0 Å². The number of anilines is 3. The third kappa shape index (κ3) is 4.86. The molecule has 34 heavy (non-hydrogen) atoms. The summed E-state index contributed by atoms with van der Waals surface area (Å²) in [6.45, 7) is 5.35. The highest BCUT2D eigenvalue weighted by molar-refractivity contribution is 6.07. The van der Waals surface area contributed by atoms with Gasteiger partial charge in [-0.3, -0.25) is 14.4 Å². The topological polar surface area (TPSA) is 78.5 Å². The maximum atomic E-state index is 13.5. The number of nitrogens with zero attached hydrogens (tertiary/aromatic N) is 1. The van der Waals surface area contributed by atoms with Gasteiger partial charge in [0, 0.05) is 47.9 Å². The molecule has 1 aliphatic rings. The minimum absolute atomic E-state index is 0.0105. The second-order valence-corrected chi connectivity index (χ2v) is 8.65. The standard InChI is InChI=1S/C28H29N3O3/c1-4-27(33)30-23-13-9-20(10-14-23)25-17-18(2)31(26-8-6-5-7-24(25)26)28(34)21-11-15-22(16-12-21)29-19(3)32/h5-16,18,25H,4,17H2,1-3H3,(H,29,32)(H,30,33). The molecule has 2 unspecified atom stereocenters. The van der Waals surface area contributed by atoms with Gasteiger partial charge in [-0.1, -0.05) is 37.3 Å². The number of nitrogens with one attached hydrogen (secondary N) is 2. The number of carbonyl (C=O) groups is 3. The summed E-state index contributed by atoms with van der Waals surface area (Å²) in [7, 11) is 0. The Kier molecular flexibility index (Phi) is 6.77. The third-order valence-electron chi connectivity index (χ3n) is 6.18. The molecule has 0 aromatic heterocycles. The van der Waals surface area contributed by atoms with Gasteiger partial charge in [0.2, 0.25) is 11.8 Å². The summed E-state index contributed by atoms with van der Waals surface area (Å²) in [4.78, 5) is 38.4. The van der Waals surface area contributed by atoms with Crippen molar-refractivity contribution in [3.8, 4) is 0 Å². The molecule has 1 aliphatic heterocycles. The van der Waals surface area contributed by atoms with Crippen molar-refractivity contribution < 1.29 is 14.4 Å². The van der Waals surface area contributed by atoms with E-state index in [-0.39, 0.29) is 29.7 Å². The Balaban J connectivity index is 1.62. The van der Waals surface area contributed by atoms with Crippen LogP contribution >= 0.6 is 0 Å². The van der Waals surface area contributed by atoms with Crippen LogP contribution in [0.15, 0.2) is 72.8 Å². The quantitative estimate of drug-likeness (QED) is 0.528. The molecule has 0 saturated heterocycles. The summed E-state index contributed by atoms with van der Waals surface area (Å²) < 4.78 is 0. The number of amides is 3. The van der Waals surface area contributed by atoms with Gasteiger partial charge in [-0.05, 0) is 66.9 Å². The summed E-state index contributed by atoms with van der Waals surface area (Å²) >= 11 is 0. The number of hydrogen-bond acceptors (Lipinski definition) is 3. The minimum Gasteiger partial charge on any atom is -0.326 e. The van der Waals surface area contributed by atoms with Gasteiger partial charge in [-0.15, -0.1) is 0 Å². The molecule has 0 spiro atoms. The molecule has 6 heteroatoms. The van der Waals surface area contributed by atoms with Gasteiger partial charge in [0.05, 0.1) is 0 Å². The molecule has 2 atom stereocenters. The lowest BCUT2D eigenvalue weighted by molar-refractivity contribution is -0.116. The van der Waals surface area contributed by atoms with Crippen LogP contribution in [-0.2, 0) is 9.59 Å². The minimum atomic E-state index is -0.149. The fourth-order valence-corrected chi connectivity index (χ4v) is 4.52. The van der Waals surface area contributed by atoms with E-state index in [1.165, 1.54) is 6.92 Å². The molecule has 2 N–H and O–H groups in total. The van der Waals surface area contributed by atoms with Gasteiger partial charge in [-0.2, -0.15) is 0 Å². The first-order valence-electron chi connectivity index (χ1n) is 11.6. The molecule has 6 nitrogen and oxygen atoms in total. The molecule has 3 aromatic rings. The van der Waals surface area contributed by atoms with E-state index in [9.17, 15) is 14.4 Å². The average molecular weight is 456 g/mol. The Morgan fingerprint density at radius 1 is 0.882 bits per heavy atom. The number of hydrogen-bond donors (Lipinski definition) is 2. The van der Waals surface area contributed by atoms with E-state index in [1.54, 1.807) is 24.3 Å². The number of fused-ring (bicyclic) bond motifs is 1. The van der Waals surface area contributed by atoms with E-state index in [4.69, 9.17) is 0 Å². The van der Waals surface area contributed by atoms with Crippen LogP contribution in [0.1, 0.15) is 61.0 Å². The first-order valence-corrected chi connectivity index (χ1v) is 11.6. The number of para-hydroxylation sites is 1. The van der Waals surface area contributed by atoms with Crippen LogP contribution in [-0.4, -0.2) is 23.8 Å². The molecule has 3 amide bonds. The van der Waals surface area contributed by atoms with Crippen LogP contribution in [0.25, 0.3) is 0 Å². The predicted molar refractivity (Wildman–Crippen MR) is 135 cm³/mol. The smallest absolute Gasteiger partial charge is 0.258 e. The van der Waals surface area contributed by atoms with Crippen molar-refractivity contribution >= 4 is 34.8 Å². The SMILES string of the molecule is CCC(=O)Nc1ccc(C2CC(C)N(C(=O)c3ccc(NC(C)=O)cc3)c3ccccc32)cc1. The number of rotatable bonds is 5. The summed E-state index contributed by atoms with van der Waals surface area (Å²) in [5, 5.41) is 5.62. The first kappa shape index (κ1) is 23.2. The van der Waals surface area contributed by atoms with E-state index in [1.807, 2.05) is 42.2 Å². The van der Waals surface area contributed by atoms with Gasteiger partial charge in [0.15, 0.2) is 0 Å². The van der Waals surface area contributed by atoms with E-state index in [0.29, 0.717) is 17.7 Å². The van der Waals surface area contributed by atoms with Crippen LogP contribution in [0.5, 0.6) is 0 Å². The lowest BCUT2D eigenvalue weighted by Crippen LogP contribution is -2.43. The highest BCUT2D eigenvalue weighted by Crippen LogP contribution is 2.42. The monoisotopic (exact) mass is 455 g/mol. The van der Waals surface area contributed by atoms with Gasteiger partial charge >= 0.3 is 0 Å². The molecule has 0 saturated carbocycles. The van der Waals surface area contributed by atoms with Crippen molar-refractivity contribution in [2.24, 2.45) is 0 Å². The lowest BCUT2D eigenvalue weighted by Gasteiger charge is -2.39. The fourth-order valence-electron chi connectivity index (χ4n) is 4.52. The normalized spacial score (nSPS) is 17.0. The molecule has 0 bridgehead atoms. The first-order chi connectivity index (χ1) is 16.4. The largest absolute Gasteiger partial charge is 0.326 e. The molecule has 3 aromatic carbocycles. The Morgan fingerprint density at radius 2 is 1.50 bits per heavy atom. The Bertz CT molecular complexity index is 1200. The van der Waals surface area contributed by atoms with Crippen molar-refractivity contribution in [3.05, 3.63) is 89.5 Å². The summed E-state index contributed by atoms with van der Waals surface area (Å²) in [6.07, 6.45) is 1.22. The van der Waals surface area contributed by atoms with E-state index >= 15 is 0 Å². The molecular weight excluding hydrogens is 426 g/mol. The Morgan fingerprint density at radius 3 is 2.15 bits per heavy atom. The Labute approximate surface area is 200 Å². The van der Waals surface area contributed by atoms with E-state index in [0.717, 1.165) is 28.9 Å². The fraction of sp³-hybridized carbons (Fsp3) is 0.250. The van der Waals surface area contributed by atoms with Crippen LogP contribution < -0.4 is 15.5 Å². The van der Waals surface area contributed by atoms with E-state index in [2.05, 4.69) is 35.8 Å². The molecule has 0 radical (unpaired) electrons.